The van der Waals surface area contributed by atoms with Gasteiger partial charge >= 0.3 is 0 Å². The summed E-state index contributed by atoms with van der Waals surface area (Å²) in [6.07, 6.45) is 4.08. The first-order chi connectivity index (χ1) is 14.7. The molecule has 1 aromatic rings. The smallest absolute Gasteiger partial charge is 0.256 e. The van der Waals surface area contributed by atoms with Crippen LogP contribution in [0.3, 0.4) is 0 Å². The molecule has 0 spiro atoms. The van der Waals surface area contributed by atoms with Gasteiger partial charge in [0.2, 0.25) is 0 Å². The molecule has 0 radical (unpaired) electrons. The standard InChI is InChI=1S/C16H26N6O3S.2C2H6/c1-17-16(26)25-6-3-4-12(23-2)22-10-20-13-14(18-9-19-15(13)22)21-11-5-7-24-8-11;2*1-2/h9,11-12,20H,3-8,10H2,1-2H3,(H,17,26)(H,18,19,21);2*1-2H3/t11-,12?;;/m1../s1. The minimum atomic E-state index is -0.104. The molecule has 1 aromatic heterocycles. The molecule has 0 aliphatic carbocycles. The summed E-state index contributed by atoms with van der Waals surface area (Å²) in [6, 6.07) is 0.288. The fraction of sp³-hybridized carbons (Fsp3) is 0.750. The van der Waals surface area contributed by atoms with Gasteiger partial charge in [-0.3, -0.25) is 0 Å². The third-order valence-corrected chi connectivity index (χ3v) is 4.77. The number of nitrogens with one attached hydrogen (secondary N) is 3. The SMILES string of the molecule is CC.CC.CNC(=S)OCCCC(OC)N1CNc2c(N[C@@H]3CCOC3)ncnc21. The van der Waals surface area contributed by atoms with Crippen molar-refractivity contribution in [2.45, 2.75) is 59.2 Å². The predicted molar refractivity (Wildman–Crippen MR) is 126 cm³/mol. The van der Waals surface area contributed by atoms with Crippen LogP contribution in [0.2, 0.25) is 0 Å². The van der Waals surface area contributed by atoms with Crippen molar-refractivity contribution in [3.8, 4) is 0 Å². The van der Waals surface area contributed by atoms with Crippen molar-refractivity contribution in [2.24, 2.45) is 0 Å². The fourth-order valence-corrected chi connectivity index (χ4v) is 3.16. The van der Waals surface area contributed by atoms with Gasteiger partial charge in [-0.25, -0.2) is 9.97 Å². The van der Waals surface area contributed by atoms with Crippen LogP contribution in [0.25, 0.3) is 0 Å². The number of rotatable bonds is 8. The van der Waals surface area contributed by atoms with Gasteiger partial charge < -0.3 is 35.1 Å². The van der Waals surface area contributed by atoms with E-state index in [9.17, 15) is 0 Å². The van der Waals surface area contributed by atoms with Crippen LogP contribution in [0, 0.1) is 0 Å². The van der Waals surface area contributed by atoms with E-state index in [1.165, 1.54) is 0 Å². The molecule has 1 saturated heterocycles. The molecule has 2 atom stereocenters. The topological polar surface area (TPSA) is 92.8 Å². The van der Waals surface area contributed by atoms with E-state index in [-0.39, 0.29) is 12.3 Å². The van der Waals surface area contributed by atoms with Crippen molar-refractivity contribution in [3.63, 3.8) is 0 Å². The van der Waals surface area contributed by atoms with Crippen molar-refractivity contribution in [1.29, 1.82) is 0 Å². The summed E-state index contributed by atoms with van der Waals surface area (Å²) in [6.45, 7) is 10.7. The van der Waals surface area contributed by atoms with Crippen molar-refractivity contribution in [3.05, 3.63) is 6.33 Å². The molecular formula is C20H38N6O3S. The Bertz CT molecular complexity index is 616. The van der Waals surface area contributed by atoms with E-state index in [0.29, 0.717) is 25.1 Å². The third-order valence-electron chi connectivity index (χ3n) is 4.45. The van der Waals surface area contributed by atoms with E-state index in [2.05, 4.69) is 30.8 Å². The van der Waals surface area contributed by atoms with Crippen LogP contribution in [0.15, 0.2) is 6.33 Å². The maximum absolute atomic E-state index is 5.68. The Hall–Kier alpha value is -1.91. The summed E-state index contributed by atoms with van der Waals surface area (Å²) in [5, 5.41) is 10.0. The van der Waals surface area contributed by atoms with Crippen LogP contribution in [-0.2, 0) is 14.2 Å². The van der Waals surface area contributed by atoms with Crippen molar-refractivity contribution in [1.82, 2.24) is 15.3 Å². The fourth-order valence-electron chi connectivity index (χ4n) is 3.08. The van der Waals surface area contributed by atoms with E-state index < -0.39 is 0 Å². The van der Waals surface area contributed by atoms with Crippen LogP contribution >= 0.6 is 12.2 Å². The number of nitrogens with zero attached hydrogens (tertiary/aromatic N) is 3. The Morgan fingerprint density at radius 3 is 2.77 bits per heavy atom. The molecular weight excluding hydrogens is 404 g/mol. The monoisotopic (exact) mass is 442 g/mol. The van der Waals surface area contributed by atoms with Gasteiger partial charge in [-0.1, -0.05) is 27.7 Å². The second-order valence-electron chi connectivity index (χ2n) is 6.15. The van der Waals surface area contributed by atoms with Gasteiger partial charge in [0.15, 0.2) is 11.6 Å². The molecule has 3 heterocycles. The van der Waals surface area contributed by atoms with E-state index in [0.717, 1.165) is 43.2 Å². The molecule has 30 heavy (non-hydrogen) atoms. The first-order valence-corrected chi connectivity index (χ1v) is 11.2. The van der Waals surface area contributed by atoms with Crippen molar-refractivity contribution >= 4 is 34.7 Å². The summed E-state index contributed by atoms with van der Waals surface area (Å²) in [5.41, 5.74) is 0.911. The molecule has 1 unspecified atom stereocenters. The Morgan fingerprint density at radius 1 is 1.37 bits per heavy atom. The lowest BCUT2D eigenvalue weighted by Crippen LogP contribution is -2.37. The van der Waals surface area contributed by atoms with Gasteiger partial charge in [-0.2, -0.15) is 0 Å². The summed E-state index contributed by atoms with van der Waals surface area (Å²) in [7, 11) is 3.45. The third kappa shape index (κ3) is 7.41. The highest BCUT2D eigenvalue weighted by Crippen LogP contribution is 2.36. The lowest BCUT2D eigenvalue weighted by Gasteiger charge is -2.27. The largest absolute Gasteiger partial charge is 0.471 e. The van der Waals surface area contributed by atoms with Crippen LogP contribution in [-0.4, -0.2) is 68.1 Å². The van der Waals surface area contributed by atoms with Gasteiger partial charge in [0.1, 0.15) is 18.2 Å². The Morgan fingerprint density at radius 2 is 2.13 bits per heavy atom. The van der Waals surface area contributed by atoms with E-state index in [1.807, 2.05) is 27.7 Å². The number of thiocarbonyl (C=S) groups is 1. The Labute approximate surface area is 186 Å². The highest BCUT2D eigenvalue weighted by molar-refractivity contribution is 7.80. The molecule has 10 heteroatoms. The summed E-state index contributed by atoms with van der Waals surface area (Å²) in [4.78, 5) is 10.9. The van der Waals surface area contributed by atoms with E-state index in [4.69, 9.17) is 26.4 Å². The normalized spacial score (nSPS) is 17.4. The molecule has 9 nitrogen and oxygen atoms in total. The lowest BCUT2D eigenvalue weighted by molar-refractivity contribution is 0.0868. The number of hydrogen-bond donors (Lipinski definition) is 3. The number of methoxy groups -OCH3 is 1. The average molecular weight is 443 g/mol. The van der Waals surface area contributed by atoms with Crippen molar-refractivity contribution in [2.75, 3.05) is 56.2 Å². The van der Waals surface area contributed by atoms with E-state index in [1.54, 1.807) is 20.5 Å². The molecule has 0 amide bonds. The van der Waals surface area contributed by atoms with Gasteiger partial charge in [0.25, 0.3) is 5.17 Å². The van der Waals surface area contributed by atoms with Crippen LogP contribution < -0.4 is 20.9 Å². The van der Waals surface area contributed by atoms with Crippen LogP contribution in [0.1, 0.15) is 47.0 Å². The maximum atomic E-state index is 5.68. The Balaban J connectivity index is 0.00000106. The second-order valence-corrected chi connectivity index (χ2v) is 6.52. The van der Waals surface area contributed by atoms with Crippen LogP contribution in [0.4, 0.5) is 17.3 Å². The number of anilines is 3. The zero-order valence-electron chi connectivity index (χ0n) is 19.2. The maximum Gasteiger partial charge on any atom is 0.256 e. The molecule has 0 aromatic carbocycles. The second kappa shape index (κ2) is 15.0. The summed E-state index contributed by atoms with van der Waals surface area (Å²) < 4.78 is 16.5. The summed E-state index contributed by atoms with van der Waals surface area (Å²) in [5.74, 6) is 1.66. The first-order valence-electron chi connectivity index (χ1n) is 10.8. The molecule has 3 N–H and O–H groups in total. The highest BCUT2D eigenvalue weighted by Gasteiger charge is 2.30. The summed E-state index contributed by atoms with van der Waals surface area (Å²) >= 11 is 4.98. The first kappa shape index (κ1) is 26.1. The van der Waals surface area contributed by atoms with Gasteiger partial charge in [0.05, 0.1) is 25.9 Å². The highest BCUT2D eigenvalue weighted by atomic mass is 32.1. The molecule has 172 valence electrons. The minimum absolute atomic E-state index is 0.104. The zero-order valence-corrected chi connectivity index (χ0v) is 20.0. The van der Waals surface area contributed by atoms with Gasteiger partial charge in [-0.15, -0.1) is 0 Å². The van der Waals surface area contributed by atoms with E-state index >= 15 is 0 Å². The minimum Gasteiger partial charge on any atom is -0.471 e. The van der Waals surface area contributed by atoms with Gasteiger partial charge in [-0.05, 0) is 31.5 Å². The number of hydrogen-bond acceptors (Lipinski definition) is 9. The predicted octanol–water partition coefficient (Wildman–Crippen LogP) is 3.19. The van der Waals surface area contributed by atoms with Gasteiger partial charge in [0, 0.05) is 20.8 Å². The molecule has 3 rings (SSSR count). The molecule has 1 fully saturated rings. The van der Waals surface area contributed by atoms with Crippen LogP contribution in [0.5, 0.6) is 0 Å². The Kier molecular flexibility index (Phi) is 13.0. The lowest BCUT2D eigenvalue weighted by atomic mass is 10.2. The molecule has 0 saturated carbocycles. The molecule has 0 bridgehead atoms. The zero-order chi connectivity index (χ0) is 22.4. The average Bonchev–Trinajstić information content (AvgIpc) is 3.47. The number of fused-ring (bicyclic) bond motifs is 1. The van der Waals surface area contributed by atoms with Crippen molar-refractivity contribution < 1.29 is 14.2 Å². The molecule has 2 aliphatic heterocycles. The number of aromatic nitrogens is 2. The molecule has 2 aliphatic rings. The quantitative estimate of drug-likeness (QED) is 0.412. The number of ether oxygens (including phenoxy) is 3.